The van der Waals surface area contributed by atoms with E-state index in [0.717, 1.165) is 122 Å². The minimum Gasteiger partial charge on any atom is -0.462 e. The zero-order valence-corrected chi connectivity index (χ0v) is 49.6. The molecule has 0 aliphatic heterocycles. The lowest BCUT2D eigenvalue weighted by molar-refractivity contribution is -0.161. The quantitative estimate of drug-likeness (QED) is 0.0197. The van der Waals surface area contributed by atoms with Gasteiger partial charge in [-0.05, 0) is 89.9 Å². The predicted molar refractivity (Wildman–Crippen MR) is 316 cm³/mol. The molecule has 12 heteroatoms. The second kappa shape index (κ2) is 58.1. The lowest BCUT2D eigenvalue weighted by Crippen LogP contribution is -2.30. The number of phosphoric ester groups is 1. The summed E-state index contributed by atoms with van der Waals surface area (Å²) >= 11 is 0. The highest BCUT2D eigenvalue weighted by Gasteiger charge is 2.28. The fraction of sp³-hybridized carbons (Fsp3) is 0.766. The molecule has 0 heterocycles. The van der Waals surface area contributed by atoms with Crippen LogP contribution in [0.3, 0.4) is 0 Å². The Hall–Kier alpha value is -3.08. The maximum atomic E-state index is 12.9. The fourth-order valence-electron chi connectivity index (χ4n) is 8.44. The van der Waals surface area contributed by atoms with E-state index in [2.05, 4.69) is 93.7 Å². The molecule has 0 aromatic rings. The van der Waals surface area contributed by atoms with Crippen LogP contribution in [0.25, 0.3) is 0 Å². The van der Waals surface area contributed by atoms with Crippen LogP contribution in [0.2, 0.25) is 0 Å². The summed E-state index contributed by atoms with van der Waals surface area (Å²) in [5, 5.41) is 9.83. The number of aliphatic hydroxyl groups excluding tert-OH is 1. The van der Waals surface area contributed by atoms with Crippen LogP contribution in [0.15, 0.2) is 72.9 Å². The largest absolute Gasteiger partial charge is 0.472 e. The van der Waals surface area contributed by atoms with E-state index >= 15 is 0 Å². The third-order valence-corrected chi connectivity index (χ3v) is 14.1. The molecule has 0 saturated carbocycles. The lowest BCUT2D eigenvalue weighted by atomic mass is 10.0. The molecule has 0 spiro atoms. The van der Waals surface area contributed by atoms with Gasteiger partial charge in [0.1, 0.15) is 12.7 Å². The second-order valence-corrected chi connectivity index (χ2v) is 21.9. The van der Waals surface area contributed by atoms with E-state index in [9.17, 15) is 28.9 Å². The molecule has 3 atom stereocenters. The summed E-state index contributed by atoms with van der Waals surface area (Å²) in [6.07, 6.45) is 65.6. The van der Waals surface area contributed by atoms with Crippen molar-refractivity contribution in [1.82, 2.24) is 0 Å². The standard InChI is InChI=1S/C64H113O11P/c1-4-7-10-13-16-19-22-25-28-29-30-31-34-35-38-41-44-47-50-53-62(66)71-57-61(75-64(68)55-52-49-46-43-40-37-33-27-24-21-18-15-12-9-6-3)59-73-76(69,70)72-58-60(56-65)74-63(67)54-51-48-45-42-39-36-32-26-23-20-17-14-11-8-5-2/h9,12,16,18-19,21,25,27-28,30-31,33,60-61,65H,4-8,10-11,13-15,17,20,22-24,26,29,32,34-59H2,1-3H3,(H,69,70)/b12-9-,19-16-,21-18-,28-25-,31-30-,33-27-. The van der Waals surface area contributed by atoms with E-state index in [4.69, 9.17) is 23.3 Å². The molecule has 0 aromatic heterocycles. The maximum Gasteiger partial charge on any atom is 0.472 e. The number of phosphoric acid groups is 1. The highest BCUT2D eigenvalue weighted by Crippen LogP contribution is 2.43. The molecule has 3 unspecified atom stereocenters. The zero-order valence-electron chi connectivity index (χ0n) is 48.7. The van der Waals surface area contributed by atoms with Crippen LogP contribution in [0.5, 0.6) is 0 Å². The summed E-state index contributed by atoms with van der Waals surface area (Å²) in [6, 6.07) is 0. The highest BCUT2D eigenvalue weighted by molar-refractivity contribution is 7.47. The van der Waals surface area contributed by atoms with Gasteiger partial charge in [-0.1, -0.05) is 241 Å². The zero-order chi connectivity index (χ0) is 55.5. The number of hydrogen-bond acceptors (Lipinski definition) is 10. The molecule has 0 rings (SSSR count). The molecule has 76 heavy (non-hydrogen) atoms. The summed E-state index contributed by atoms with van der Waals surface area (Å²) in [6.45, 7) is 4.51. The van der Waals surface area contributed by atoms with Gasteiger partial charge in [0.25, 0.3) is 0 Å². The van der Waals surface area contributed by atoms with Gasteiger partial charge in [-0.25, -0.2) is 4.57 Å². The van der Waals surface area contributed by atoms with Gasteiger partial charge in [-0.15, -0.1) is 0 Å². The summed E-state index contributed by atoms with van der Waals surface area (Å²) < 4.78 is 39.6. The van der Waals surface area contributed by atoms with Crippen LogP contribution in [-0.2, 0) is 42.2 Å². The number of esters is 3. The first-order valence-electron chi connectivity index (χ1n) is 30.8. The van der Waals surface area contributed by atoms with E-state index in [1.54, 1.807) is 0 Å². The number of ether oxygens (including phenoxy) is 3. The maximum absolute atomic E-state index is 12.9. The Morgan fingerprint density at radius 3 is 1.08 bits per heavy atom. The first kappa shape index (κ1) is 72.9. The van der Waals surface area contributed by atoms with Gasteiger partial charge in [-0.2, -0.15) is 0 Å². The predicted octanol–water partition coefficient (Wildman–Crippen LogP) is 18.5. The van der Waals surface area contributed by atoms with Crippen molar-refractivity contribution in [3.05, 3.63) is 72.9 Å². The third kappa shape index (κ3) is 55.7. The van der Waals surface area contributed by atoms with Crippen molar-refractivity contribution < 1.29 is 52.2 Å². The van der Waals surface area contributed by atoms with Crippen LogP contribution in [-0.4, -0.2) is 66.5 Å². The molecule has 0 aliphatic carbocycles. The molecule has 11 nitrogen and oxygen atoms in total. The van der Waals surface area contributed by atoms with Crippen molar-refractivity contribution in [2.45, 2.75) is 290 Å². The number of hydrogen-bond donors (Lipinski definition) is 2. The molecule has 0 aromatic carbocycles. The van der Waals surface area contributed by atoms with E-state index in [-0.39, 0.29) is 25.9 Å². The van der Waals surface area contributed by atoms with Gasteiger partial charge in [-0.3, -0.25) is 23.4 Å². The number of carbonyl (C=O) groups is 3. The average Bonchev–Trinajstić information content (AvgIpc) is 3.41. The number of rotatable bonds is 57. The molecule has 440 valence electrons. The van der Waals surface area contributed by atoms with E-state index in [1.165, 1.54) is 96.3 Å². The normalized spacial score (nSPS) is 13.8. The van der Waals surface area contributed by atoms with E-state index in [0.29, 0.717) is 19.3 Å². The van der Waals surface area contributed by atoms with Crippen molar-refractivity contribution in [3.63, 3.8) is 0 Å². The molecule has 0 fully saturated rings. The molecule has 0 bridgehead atoms. The van der Waals surface area contributed by atoms with Crippen molar-refractivity contribution in [1.29, 1.82) is 0 Å². The van der Waals surface area contributed by atoms with Crippen LogP contribution >= 0.6 is 7.82 Å². The average molecular weight is 1090 g/mol. The Bertz CT molecular complexity index is 1550. The molecule has 0 aliphatic rings. The number of allylic oxidation sites excluding steroid dienone is 12. The lowest BCUT2D eigenvalue weighted by Gasteiger charge is -2.21. The number of unbranched alkanes of at least 4 members (excludes halogenated alkanes) is 28. The van der Waals surface area contributed by atoms with Crippen molar-refractivity contribution >= 4 is 25.7 Å². The van der Waals surface area contributed by atoms with Gasteiger partial charge in [0, 0.05) is 19.3 Å². The van der Waals surface area contributed by atoms with Gasteiger partial charge in [0.2, 0.25) is 0 Å². The smallest absolute Gasteiger partial charge is 0.462 e. The summed E-state index contributed by atoms with van der Waals surface area (Å²) in [4.78, 5) is 48.7. The molecule has 0 radical (unpaired) electrons. The van der Waals surface area contributed by atoms with Crippen molar-refractivity contribution in [3.8, 4) is 0 Å². The summed E-state index contributed by atoms with van der Waals surface area (Å²) in [5.41, 5.74) is 0. The van der Waals surface area contributed by atoms with Gasteiger partial charge in [0.15, 0.2) is 6.10 Å². The molecule has 2 N–H and O–H groups in total. The molecular weight excluding hydrogens is 976 g/mol. The van der Waals surface area contributed by atoms with Gasteiger partial charge >= 0.3 is 25.7 Å². The van der Waals surface area contributed by atoms with Crippen molar-refractivity contribution in [2.75, 3.05) is 26.4 Å². The summed E-state index contributed by atoms with van der Waals surface area (Å²) in [5.74, 6) is -1.49. The Morgan fingerprint density at radius 1 is 0.382 bits per heavy atom. The monoisotopic (exact) mass is 1090 g/mol. The van der Waals surface area contributed by atoms with E-state index < -0.39 is 57.8 Å². The Labute approximate surface area is 465 Å². The van der Waals surface area contributed by atoms with E-state index in [1.807, 2.05) is 0 Å². The number of aliphatic hydroxyl groups is 1. The first-order chi connectivity index (χ1) is 37.2. The van der Waals surface area contributed by atoms with Crippen LogP contribution in [0.4, 0.5) is 0 Å². The minimum absolute atomic E-state index is 0.144. The highest BCUT2D eigenvalue weighted by atomic mass is 31.2. The SMILES string of the molecule is CC/C=C\C/C=C\C/C=C\CCCCCCCC(=O)OC(COC(=O)CCCCCCCC/C=C\C/C=C\C/C=C\CCCCC)COP(=O)(O)OCC(CO)OC(=O)CCCCCCCCCCCCCCCCC. The Morgan fingerprint density at radius 2 is 0.684 bits per heavy atom. The van der Waals surface area contributed by atoms with Crippen LogP contribution in [0, 0.1) is 0 Å². The van der Waals surface area contributed by atoms with Crippen LogP contribution in [0.1, 0.15) is 278 Å². The Kier molecular flexibility index (Phi) is 55.7. The van der Waals surface area contributed by atoms with Crippen molar-refractivity contribution in [2.24, 2.45) is 0 Å². The van der Waals surface area contributed by atoms with Gasteiger partial charge < -0.3 is 24.2 Å². The molecule has 0 saturated heterocycles. The molecular formula is C64H113O11P. The van der Waals surface area contributed by atoms with Gasteiger partial charge in [0.05, 0.1) is 19.8 Å². The molecule has 0 amide bonds. The van der Waals surface area contributed by atoms with Crippen LogP contribution < -0.4 is 0 Å². The minimum atomic E-state index is -4.76. The first-order valence-corrected chi connectivity index (χ1v) is 32.3. The summed E-state index contributed by atoms with van der Waals surface area (Å²) in [7, 11) is -4.76. The Balaban J connectivity index is 4.73. The topological polar surface area (TPSA) is 155 Å². The number of carbonyl (C=O) groups excluding carboxylic acids is 3. The third-order valence-electron chi connectivity index (χ3n) is 13.1. The second-order valence-electron chi connectivity index (χ2n) is 20.5. The fourth-order valence-corrected chi connectivity index (χ4v) is 9.22.